The summed E-state index contributed by atoms with van der Waals surface area (Å²) in [7, 11) is 0. The van der Waals surface area contributed by atoms with Crippen LogP contribution in [-0.2, 0) is 4.74 Å². The number of allylic oxidation sites excluding steroid dienone is 7. The van der Waals surface area contributed by atoms with Crippen molar-refractivity contribution in [2.24, 2.45) is 40.4 Å². The van der Waals surface area contributed by atoms with E-state index in [-0.39, 0.29) is 16.4 Å². The highest BCUT2D eigenvalue weighted by molar-refractivity contribution is 5.91. The summed E-state index contributed by atoms with van der Waals surface area (Å²) in [5, 5.41) is 22.5. The number of benzene rings is 1. The van der Waals surface area contributed by atoms with E-state index in [2.05, 4.69) is 71.9 Å². The molecule has 0 spiro atoms. The van der Waals surface area contributed by atoms with Crippen LogP contribution in [0.3, 0.4) is 0 Å². The molecule has 8 heteroatoms. The normalized spacial score (nSPS) is 31.2. The van der Waals surface area contributed by atoms with Crippen LogP contribution in [0.1, 0.15) is 90.4 Å². The van der Waals surface area contributed by atoms with Gasteiger partial charge < -0.3 is 4.74 Å². The van der Waals surface area contributed by atoms with Crippen LogP contribution < -0.4 is 0 Å². The van der Waals surface area contributed by atoms with Crippen molar-refractivity contribution < 1.29 is 19.4 Å². The molecule has 0 heterocycles. The van der Waals surface area contributed by atoms with Crippen LogP contribution in [-0.4, -0.2) is 21.9 Å². The van der Waals surface area contributed by atoms with Crippen molar-refractivity contribution >= 4 is 17.3 Å². The molecule has 0 amide bonds. The van der Waals surface area contributed by atoms with Gasteiger partial charge >= 0.3 is 5.97 Å². The van der Waals surface area contributed by atoms with E-state index in [9.17, 15) is 25.0 Å². The molecule has 4 aliphatic carbocycles. The fraction of sp³-hybridized carbons (Fsp3) is 0.571. The van der Waals surface area contributed by atoms with Crippen molar-refractivity contribution in [3.05, 3.63) is 91.1 Å². The van der Waals surface area contributed by atoms with E-state index in [1.54, 1.807) is 0 Å². The number of rotatable bonds is 8. The van der Waals surface area contributed by atoms with Gasteiger partial charge in [0, 0.05) is 24.0 Å². The predicted octanol–water partition coefficient (Wildman–Crippen LogP) is 8.93. The van der Waals surface area contributed by atoms with Crippen molar-refractivity contribution in [1.82, 2.24) is 0 Å². The Balaban J connectivity index is 1.33. The van der Waals surface area contributed by atoms with Gasteiger partial charge in [0.05, 0.1) is 21.5 Å². The van der Waals surface area contributed by atoms with Gasteiger partial charge in [0.15, 0.2) is 0 Å². The molecule has 7 atom stereocenters. The third kappa shape index (κ3) is 5.61. The molecule has 1 aromatic rings. The van der Waals surface area contributed by atoms with Gasteiger partial charge in [0.2, 0.25) is 0 Å². The van der Waals surface area contributed by atoms with Crippen LogP contribution in [0.25, 0.3) is 0 Å². The van der Waals surface area contributed by atoms with Crippen LogP contribution in [0.4, 0.5) is 11.4 Å². The molecule has 1 aromatic carbocycles. The zero-order valence-corrected chi connectivity index (χ0v) is 26.2. The first-order valence-electron chi connectivity index (χ1n) is 15.7. The lowest BCUT2D eigenvalue weighted by atomic mass is 9.54. The number of non-ortho nitro benzene ring substituents is 2. The van der Waals surface area contributed by atoms with E-state index in [1.165, 1.54) is 29.6 Å². The molecule has 5 rings (SSSR count). The number of esters is 1. The van der Waals surface area contributed by atoms with E-state index in [0.717, 1.165) is 31.0 Å². The average molecular weight is 589 g/mol. The summed E-state index contributed by atoms with van der Waals surface area (Å²) in [6.45, 7) is 14.1. The minimum absolute atomic E-state index is 0.116. The number of fused-ring (bicyclic) bond motifs is 5. The minimum atomic E-state index is -0.774. The molecule has 4 aliphatic rings. The maximum Gasteiger partial charge on any atom is 0.338 e. The van der Waals surface area contributed by atoms with Crippen molar-refractivity contribution in [2.75, 3.05) is 0 Å². The van der Waals surface area contributed by atoms with Gasteiger partial charge in [-0.25, -0.2) is 4.79 Å². The summed E-state index contributed by atoms with van der Waals surface area (Å²) in [6, 6.07) is 2.93. The topological polar surface area (TPSA) is 113 Å². The second kappa shape index (κ2) is 11.5. The van der Waals surface area contributed by atoms with Crippen LogP contribution in [0.15, 0.2) is 65.3 Å². The van der Waals surface area contributed by atoms with Crippen LogP contribution >= 0.6 is 0 Å². The Hall–Kier alpha value is -3.55. The number of ether oxygens (including phenoxy) is 1. The van der Waals surface area contributed by atoms with Crippen molar-refractivity contribution in [1.29, 1.82) is 0 Å². The van der Waals surface area contributed by atoms with Gasteiger partial charge in [-0.15, -0.1) is 0 Å². The summed E-state index contributed by atoms with van der Waals surface area (Å²) in [5.41, 5.74) is 3.06. The van der Waals surface area contributed by atoms with E-state index in [0.29, 0.717) is 42.4 Å². The number of carbonyl (C=O) groups is 1. The van der Waals surface area contributed by atoms with E-state index >= 15 is 0 Å². The van der Waals surface area contributed by atoms with Gasteiger partial charge in [-0.2, -0.15) is 0 Å². The molecule has 230 valence electrons. The first-order chi connectivity index (χ1) is 20.2. The second-order valence-electron chi connectivity index (χ2n) is 14.1. The van der Waals surface area contributed by atoms with Crippen LogP contribution in [0, 0.1) is 60.6 Å². The number of carbonyl (C=O) groups excluding carboxylic acids is 1. The molecule has 0 N–H and O–H groups in total. The molecule has 0 aromatic heterocycles. The Bertz CT molecular complexity index is 1420. The molecular weight excluding hydrogens is 544 g/mol. The van der Waals surface area contributed by atoms with Crippen molar-refractivity contribution in [3.8, 4) is 0 Å². The zero-order valence-electron chi connectivity index (χ0n) is 26.2. The van der Waals surface area contributed by atoms with Crippen molar-refractivity contribution in [2.45, 2.75) is 86.2 Å². The summed E-state index contributed by atoms with van der Waals surface area (Å²) in [6.07, 6.45) is 17.1. The molecule has 2 saturated carbocycles. The number of hydrogen-bond acceptors (Lipinski definition) is 6. The SMILES string of the molecule is CC(C)C(C)/C=C/C(C)C1CCC2C3=CC=C4CC(OC(=O)c5cc([N+](=O)[O-])cc([N+](=O)[O-])c5)CCC4(C)C3=CCC21C. The third-order valence-electron chi connectivity index (χ3n) is 11.3. The van der Waals surface area contributed by atoms with Crippen LogP contribution in [0.2, 0.25) is 0 Å². The Labute approximate surface area is 254 Å². The maximum absolute atomic E-state index is 13.0. The van der Waals surface area contributed by atoms with Crippen LogP contribution in [0.5, 0.6) is 0 Å². The van der Waals surface area contributed by atoms with E-state index in [1.807, 2.05) is 0 Å². The third-order valence-corrected chi connectivity index (χ3v) is 11.3. The Morgan fingerprint density at radius 3 is 2.28 bits per heavy atom. The summed E-state index contributed by atoms with van der Waals surface area (Å²) in [5.74, 6) is 2.16. The standard InChI is InChI=1S/C35H44N2O6/c1-21(2)22(3)7-8-23(4)30-11-12-31-29-10-9-25-19-28(13-15-34(25,5)32(29)14-16-35(30,31)6)43-33(38)24-17-26(36(39)40)20-27(18-24)37(41)42/h7-10,14,17-18,20-23,28,30-31H,11-13,15-16,19H2,1-6H3/b8-7+. The summed E-state index contributed by atoms with van der Waals surface area (Å²) in [4.78, 5) is 34.0. The lowest BCUT2D eigenvalue weighted by Gasteiger charge is -2.50. The number of nitro groups is 2. The summed E-state index contributed by atoms with van der Waals surface area (Å²) >= 11 is 0. The smallest absolute Gasteiger partial charge is 0.338 e. The first-order valence-corrected chi connectivity index (χ1v) is 15.7. The highest BCUT2D eigenvalue weighted by Gasteiger charge is 2.54. The second-order valence-corrected chi connectivity index (χ2v) is 14.1. The minimum Gasteiger partial charge on any atom is -0.458 e. The Kier molecular flexibility index (Phi) is 8.27. The van der Waals surface area contributed by atoms with E-state index < -0.39 is 33.3 Å². The predicted molar refractivity (Wildman–Crippen MR) is 166 cm³/mol. The maximum atomic E-state index is 13.0. The van der Waals surface area contributed by atoms with Crippen molar-refractivity contribution in [3.63, 3.8) is 0 Å². The van der Waals surface area contributed by atoms with Gasteiger partial charge in [-0.05, 0) is 78.3 Å². The molecule has 8 nitrogen and oxygen atoms in total. The largest absolute Gasteiger partial charge is 0.458 e. The quantitative estimate of drug-likeness (QED) is 0.130. The number of nitrogens with zero attached hydrogens (tertiary/aromatic N) is 2. The average Bonchev–Trinajstić information content (AvgIpc) is 3.32. The van der Waals surface area contributed by atoms with Gasteiger partial charge in [0.1, 0.15) is 6.10 Å². The summed E-state index contributed by atoms with van der Waals surface area (Å²) < 4.78 is 5.79. The molecular formula is C35H44N2O6. The fourth-order valence-electron chi connectivity index (χ4n) is 8.19. The molecule has 0 aliphatic heterocycles. The molecule has 2 fully saturated rings. The van der Waals surface area contributed by atoms with E-state index in [4.69, 9.17) is 4.74 Å². The Morgan fingerprint density at radius 2 is 1.65 bits per heavy atom. The molecule has 0 radical (unpaired) electrons. The fourth-order valence-corrected chi connectivity index (χ4v) is 8.19. The van der Waals surface area contributed by atoms with Gasteiger partial charge in [-0.1, -0.05) is 77.5 Å². The lowest BCUT2D eigenvalue weighted by molar-refractivity contribution is -0.394. The molecule has 7 unspecified atom stereocenters. The number of nitro benzene ring substituents is 2. The Morgan fingerprint density at radius 1 is 0.977 bits per heavy atom. The number of hydrogen-bond donors (Lipinski definition) is 0. The zero-order chi connectivity index (χ0) is 31.3. The lowest BCUT2D eigenvalue weighted by Crippen LogP contribution is -2.41. The van der Waals surface area contributed by atoms with Gasteiger partial charge in [-0.3, -0.25) is 20.2 Å². The highest BCUT2D eigenvalue weighted by Crippen LogP contribution is 2.64. The molecule has 0 bridgehead atoms. The molecule has 0 saturated heterocycles. The first kappa shape index (κ1) is 30.9. The van der Waals surface area contributed by atoms with Gasteiger partial charge in [0.25, 0.3) is 11.4 Å². The molecule has 43 heavy (non-hydrogen) atoms. The highest BCUT2D eigenvalue weighted by atomic mass is 16.6. The monoisotopic (exact) mass is 588 g/mol.